The van der Waals surface area contributed by atoms with E-state index in [1.54, 1.807) is 6.33 Å². The van der Waals surface area contributed by atoms with Gasteiger partial charge in [0, 0.05) is 12.6 Å². The second kappa shape index (κ2) is 5.84. The molecule has 1 aromatic heterocycles. The Morgan fingerprint density at radius 2 is 2.32 bits per heavy atom. The van der Waals surface area contributed by atoms with Crippen LogP contribution < -0.4 is 0 Å². The summed E-state index contributed by atoms with van der Waals surface area (Å²) in [5.74, 6) is -0.752. The third kappa shape index (κ3) is 3.54. The van der Waals surface area contributed by atoms with Crippen molar-refractivity contribution in [2.45, 2.75) is 25.8 Å². The third-order valence-electron chi connectivity index (χ3n) is 3.46. The minimum Gasteiger partial charge on any atom is -0.481 e. The van der Waals surface area contributed by atoms with Gasteiger partial charge in [-0.05, 0) is 38.1 Å². The molecule has 0 aliphatic carbocycles. The summed E-state index contributed by atoms with van der Waals surface area (Å²) in [4.78, 5) is 20.0. The van der Waals surface area contributed by atoms with Gasteiger partial charge in [-0.15, -0.1) is 0 Å². The van der Waals surface area contributed by atoms with E-state index in [1.807, 2.05) is 20.0 Å². The molecule has 1 atom stereocenters. The van der Waals surface area contributed by atoms with Gasteiger partial charge in [-0.2, -0.15) is 0 Å². The van der Waals surface area contributed by atoms with Crippen LogP contribution in [0.5, 0.6) is 0 Å². The van der Waals surface area contributed by atoms with E-state index in [0.717, 1.165) is 24.0 Å². The number of nitrogens with zero attached hydrogens (tertiary/aromatic N) is 2. The largest absolute Gasteiger partial charge is 0.481 e. The van der Waals surface area contributed by atoms with E-state index in [0.29, 0.717) is 0 Å². The normalized spacial score (nSPS) is 13.0. The van der Waals surface area contributed by atoms with Crippen LogP contribution in [0.15, 0.2) is 24.5 Å². The van der Waals surface area contributed by atoms with E-state index >= 15 is 0 Å². The maximum absolute atomic E-state index is 10.7. The predicted octanol–water partition coefficient (Wildman–Crippen LogP) is 1.90. The number of hydrogen-bond acceptors (Lipinski definition) is 3. The molecule has 2 N–H and O–H groups in total. The molecule has 0 fully saturated rings. The Hall–Kier alpha value is -1.88. The highest BCUT2D eigenvalue weighted by Crippen LogP contribution is 2.13. The Morgan fingerprint density at radius 3 is 3.05 bits per heavy atom. The van der Waals surface area contributed by atoms with Crippen LogP contribution in [-0.4, -0.2) is 45.6 Å². The number of aliphatic carboxylic acids is 1. The molecule has 5 nitrogen and oxygen atoms in total. The monoisotopic (exact) mass is 261 g/mol. The molecule has 0 aliphatic rings. The number of benzene rings is 1. The Morgan fingerprint density at radius 1 is 1.53 bits per heavy atom. The summed E-state index contributed by atoms with van der Waals surface area (Å²) in [7, 11) is 1.96. The molecule has 19 heavy (non-hydrogen) atoms. The fourth-order valence-electron chi connectivity index (χ4n) is 2.07. The number of aromatic nitrogens is 2. The van der Waals surface area contributed by atoms with Crippen LogP contribution in [0.3, 0.4) is 0 Å². The van der Waals surface area contributed by atoms with Gasteiger partial charge in [-0.3, -0.25) is 4.79 Å². The molecule has 2 aromatic rings. The number of rotatable bonds is 6. The molecule has 0 radical (unpaired) electrons. The zero-order valence-electron chi connectivity index (χ0n) is 11.3. The van der Waals surface area contributed by atoms with Gasteiger partial charge in [-0.1, -0.05) is 6.07 Å². The Labute approximate surface area is 112 Å². The molecule has 0 saturated heterocycles. The zero-order chi connectivity index (χ0) is 13.8. The van der Waals surface area contributed by atoms with E-state index in [-0.39, 0.29) is 12.5 Å². The molecule has 0 saturated carbocycles. The number of carboxylic acid groups (broad SMARTS) is 1. The zero-order valence-corrected chi connectivity index (χ0v) is 11.3. The van der Waals surface area contributed by atoms with Gasteiger partial charge in [0.1, 0.15) is 0 Å². The maximum atomic E-state index is 10.7. The minimum atomic E-state index is -0.752. The summed E-state index contributed by atoms with van der Waals surface area (Å²) >= 11 is 0. The summed E-state index contributed by atoms with van der Waals surface area (Å²) < 4.78 is 0. The Balaban J connectivity index is 1.92. The summed E-state index contributed by atoms with van der Waals surface area (Å²) in [6, 6.07) is 6.21. The fourth-order valence-corrected chi connectivity index (χ4v) is 2.07. The molecule has 0 spiro atoms. The van der Waals surface area contributed by atoms with Crippen LogP contribution in [0.25, 0.3) is 11.0 Å². The first kappa shape index (κ1) is 13.5. The standard InChI is InChI=1S/C14H19N3O2/c1-10(7-14(18)19)17(2)6-5-11-3-4-12-13(8-11)16-9-15-12/h3-4,8-10H,5-7H2,1-2H3,(H,15,16)(H,18,19). The number of aromatic amines is 1. The topological polar surface area (TPSA) is 69.2 Å². The quantitative estimate of drug-likeness (QED) is 0.833. The van der Waals surface area contributed by atoms with Crippen LogP contribution in [0.1, 0.15) is 18.9 Å². The average molecular weight is 261 g/mol. The first-order valence-electron chi connectivity index (χ1n) is 6.40. The van der Waals surface area contributed by atoms with Gasteiger partial charge in [0.25, 0.3) is 0 Å². The van der Waals surface area contributed by atoms with Crippen molar-refractivity contribution < 1.29 is 9.90 Å². The summed E-state index contributed by atoms with van der Waals surface area (Å²) in [6.07, 6.45) is 2.76. The van der Waals surface area contributed by atoms with Crippen LogP contribution in [0.4, 0.5) is 0 Å². The first-order valence-corrected chi connectivity index (χ1v) is 6.40. The van der Waals surface area contributed by atoms with Gasteiger partial charge in [-0.25, -0.2) is 4.98 Å². The summed E-state index contributed by atoms with van der Waals surface area (Å²) in [5.41, 5.74) is 3.24. The number of imidazole rings is 1. The lowest BCUT2D eigenvalue weighted by Gasteiger charge is -2.23. The van der Waals surface area contributed by atoms with Crippen LogP contribution in [-0.2, 0) is 11.2 Å². The molecule has 1 unspecified atom stereocenters. The molecule has 1 aromatic carbocycles. The number of carboxylic acids is 1. The number of hydrogen-bond donors (Lipinski definition) is 2. The first-order chi connectivity index (χ1) is 9.06. The van der Waals surface area contributed by atoms with E-state index in [4.69, 9.17) is 5.11 Å². The van der Waals surface area contributed by atoms with Crippen LogP contribution in [0.2, 0.25) is 0 Å². The van der Waals surface area contributed by atoms with Gasteiger partial charge in [0.15, 0.2) is 0 Å². The van der Waals surface area contributed by atoms with Crippen LogP contribution >= 0.6 is 0 Å². The molecule has 2 rings (SSSR count). The number of H-pyrrole nitrogens is 1. The van der Waals surface area contributed by atoms with Crippen molar-refractivity contribution in [1.82, 2.24) is 14.9 Å². The molecule has 0 aliphatic heterocycles. The number of fused-ring (bicyclic) bond motifs is 1. The van der Waals surface area contributed by atoms with E-state index < -0.39 is 5.97 Å². The highest BCUT2D eigenvalue weighted by atomic mass is 16.4. The van der Waals surface area contributed by atoms with Gasteiger partial charge >= 0.3 is 5.97 Å². The number of likely N-dealkylation sites (N-methyl/N-ethyl adjacent to an activating group) is 1. The summed E-state index contributed by atoms with van der Waals surface area (Å²) in [6.45, 7) is 2.78. The lowest BCUT2D eigenvalue weighted by atomic mass is 10.1. The van der Waals surface area contributed by atoms with Crippen molar-refractivity contribution in [2.24, 2.45) is 0 Å². The SMILES string of the molecule is CC(CC(=O)O)N(C)CCc1ccc2nc[nH]c2c1. The Kier molecular flexibility index (Phi) is 4.16. The third-order valence-corrected chi connectivity index (χ3v) is 3.46. The van der Waals surface area contributed by atoms with Crippen molar-refractivity contribution in [3.63, 3.8) is 0 Å². The Bertz CT molecular complexity index is 565. The number of carbonyl (C=O) groups is 1. The van der Waals surface area contributed by atoms with Crippen molar-refractivity contribution in [1.29, 1.82) is 0 Å². The second-order valence-corrected chi connectivity index (χ2v) is 4.93. The van der Waals surface area contributed by atoms with Crippen molar-refractivity contribution in [2.75, 3.05) is 13.6 Å². The predicted molar refractivity (Wildman–Crippen MR) is 74.1 cm³/mol. The van der Waals surface area contributed by atoms with Crippen molar-refractivity contribution in [3.05, 3.63) is 30.1 Å². The average Bonchev–Trinajstić information content (AvgIpc) is 2.82. The number of nitrogens with one attached hydrogen (secondary N) is 1. The van der Waals surface area contributed by atoms with Crippen molar-refractivity contribution >= 4 is 17.0 Å². The smallest absolute Gasteiger partial charge is 0.304 e. The molecule has 102 valence electrons. The highest BCUT2D eigenvalue weighted by Gasteiger charge is 2.12. The maximum Gasteiger partial charge on any atom is 0.304 e. The van der Waals surface area contributed by atoms with E-state index in [1.165, 1.54) is 5.56 Å². The molecular weight excluding hydrogens is 242 g/mol. The lowest BCUT2D eigenvalue weighted by molar-refractivity contribution is -0.138. The fraction of sp³-hybridized carbons (Fsp3) is 0.429. The molecule has 0 bridgehead atoms. The molecule has 1 heterocycles. The van der Waals surface area contributed by atoms with E-state index in [9.17, 15) is 4.79 Å². The second-order valence-electron chi connectivity index (χ2n) is 4.93. The summed E-state index contributed by atoms with van der Waals surface area (Å²) in [5, 5.41) is 8.77. The molecule has 5 heteroatoms. The molecule has 0 amide bonds. The van der Waals surface area contributed by atoms with Gasteiger partial charge in [0.05, 0.1) is 23.8 Å². The van der Waals surface area contributed by atoms with Crippen LogP contribution in [0, 0.1) is 0 Å². The van der Waals surface area contributed by atoms with Gasteiger partial charge in [0.2, 0.25) is 0 Å². The highest BCUT2D eigenvalue weighted by molar-refractivity contribution is 5.75. The van der Waals surface area contributed by atoms with Gasteiger partial charge < -0.3 is 15.0 Å². The lowest BCUT2D eigenvalue weighted by Crippen LogP contribution is -2.32. The molecular formula is C14H19N3O2. The van der Waals surface area contributed by atoms with E-state index in [2.05, 4.69) is 27.0 Å². The minimum absolute atomic E-state index is 0.0494. The van der Waals surface area contributed by atoms with Crippen molar-refractivity contribution in [3.8, 4) is 0 Å².